The van der Waals surface area contributed by atoms with E-state index in [4.69, 9.17) is 9.15 Å². The highest BCUT2D eigenvalue weighted by Crippen LogP contribution is 2.20. The Kier molecular flexibility index (Phi) is 10.1. The first-order valence-electron chi connectivity index (χ1n) is 8.49. The minimum atomic E-state index is 0. The molecule has 1 aromatic heterocycles. The van der Waals surface area contributed by atoms with Gasteiger partial charge in [0.05, 0.1) is 19.4 Å². The van der Waals surface area contributed by atoms with Gasteiger partial charge in [-0.3, -0.25) is 0 Å². The van der Waals surface area contributed by atoms with Crippen molar-refractivity contribution >= 4 is 29.9 Å². The predicted octanol–water partition coefficient (Wildman–Crippen LogP) is 3.26. The lowest BCUT2D eigenvalue weighted by Crippen LogP contribution is -2.41. The number of benzene rings is 1. The zero-order valence-electron chi connectivity index (χ0n) is 15.9. The average Bonchev–Trinajstić information content (AvgIpc) is 3.13. The van der Waals surface area contributed by atoms with Crippen LogP contribution in [0.3, 0.4) is 0 Å². The van der Waals surface area contributed by atoms with Crippen LogP contribution in [-0.4, -0.2) is 45.2 Å². The lowest BCUT2D eigenvalue weighted by atomic mass is 10.1. The SMILES string of the molecule is CCNC(=NCc1ccco1)NCC(c1ccc(OC)cc1)N(C)C.I. The van der Waals surface area contributed by atoms with Gasteiger partial charge >= 0.3 is 0 Å². The van der Waals surface area contributed by atoms with Crippen molar-refractivity contribution in [3.05, 3.63) is 54.0 Å². The number of furan rings is 1. The standard InChI is InChI=1S/C19H28N4O2.HI/c1-5-20-19(21-13-17-7-6-12-25-17)22-14-18(23(2)3)15-8-10-16(24-4)11-9-15;/h6-12,18H,5,13-14H2,1-4H3,(H2,20,21,22);1H. The first-order chi connectivity index (χ1) is 12.1. The molecular weight excluding hydrogens is 443 g/mol. The maximum atomic E-state index is 5.33. The Balaban J connectivity index is 0.00000338. The fourth-order valence-corrected chi connectivity index (χ4v) is 2.52. The smallest absolute Gasteiger partial charge is 0.191 e. The third-order valence-corrected chi connectivity index (χ3v) is 3.90. The summed E-state index contributed by atoms with van der Waals surface area (Å²) in [7, 11) is 5.82. The summed E-state index contributed by atoms with van der Waals surface area (Å²) < 4.78 is 10.6. The first-order valence-corrected chi connectivity index (χ1v) is 8.49. The van der Waals surface area contributed by atoms with Crippen molar-refractivity contribution in [1.82, 2.24) is 15.5 Å². The van der Waals surface area contributed by atoms with Crippen LogP contribution < -0.4 is 15.4 Å². The molecule has 2 aromatic rings. The maximum absolute atomic E-state index is 5.33. The third-order valence-electron chi connectivity index (χ3n) is 3.90. The summed E-state index contributed by atoms with van der Waals surface area (Å²) in [6.07, 6.45) is 1.66. The van der Waals surface area contributed by atoms with Crippen molar-refractivity contribution in [2.45, 2.75) is 19.5 Å². The van der Waals surface area contributed by atoms with Crippen molar-refractivity contribution in [2.75, 3.05) is 34.3 Å². The molecule has 0 amide bonds. The normalized spacial score (nSPS) is 12.4. The van der Waals surface area contributed by atoms with E-state index in [1.165, 1.54) is 5.56 Å². The molecule has 2 N–H and O–H groups in total. The van der Waals surface area contributed by atoms with Gasteiger partial charge in [-0.05, 0) is 50.8 Å². The molecule has 0 spiro atoms. The molecule has 1 unspecified atom stereocenters. The topological polar surface area (TPSA) is 62.0 Å². The summed E-state index contributed by atoms with van der Waals surface area (Å²) in [4.78, 5) is 6.76. The number of methoxy groups -OCH3 is 1. The molecule has 26 heavy (non-hydrogen) atoms. The number of hydrogen-bond acceptors (Lipinski definition) is 4. The highest BCUT2D eigenvalue weighted by atomic mass is 127. The van der Waals surface area contributed by atoms with E-state index in [9.17, 15) is 0 Å². The Labute approximate surface area is 173 Å². The highest BCUT2D eigenvalue weighted by molar-refractivity contribution is 14.0. The quantitative estimate of drug-likeness (QED) is 0.351. The maximum Gasteiger partial charge on any atom is 0.191 e. The fourth-order valence-electron chi connectivity index (χ4n) is 2.52. The Morgan fingerprint density at radius 1 is 1.19 bits per heavy atom. The number of ether oxygens (including phenoxy) is 1. The molecule has 1 aromatic carbocycles. The minimum Gasteiger partial charge on any atom is -0.497 e. The summed E-state index contributed by atoms with van der Waals surface area (Å²) in [6, 6.07) is 12.2. The summed E-state index contributed by atoms with van der Waals surface area (Å²) in [5.74, 6) is 2.48. The number of nitrogens with zero attached hydrogens (tertiary/aromatic N) is 2. The molecule has 0 radical (unpaired) electrons. The van der Waals surface area contributed by atoms with Crippen molar-refractivity contribution < 1.29 is 9.15 Å². The second-order valence-corrected chi connectivity index (χ2v) is 5.91. The molecule has 0 fully saturated rings. The van der Waals surface area contributed by atoms with Crippen LogP contribution in [0.5, 0.6) is 5.75 Å². The Morgan fingerprint density at radius 2 is 1.92 bits per heavy atom. The summed E-state index contributed by atoms with van der Waals surface area (Å²) in [5, 5.41) is 6.68. The minimum absolute atomic E-state index is 0. The second kappa shape index (κ2) is 11.8. The molecular formula is C19H29IN4O2. The van der Waals surface area contributed by atoms with Gasteiger partial charge in [0, 0.05) is 13.1 Å². The third kappa shape index (κ3) is 6.87. The number of hydrogen-bond donors (Lipinski definition) is 2. The zero-order chi connectivity index (χ0) is 18.1. The molecule has 0 aliphatic carbocycles. The molecule has 1 heterocycles. The number of guanidine groups is 1. The lowest BCUT2D eigenvalue weighted by Gasteiger charge is -2.26. The Hall–Kier alpha value is -1.74. The molecule has 2 rings (SSSR count). The van der Waals surface area contributed by atoms with Crippen LogP contribution in [0.15, 0.2) is 52.1 Å². The van der Waals surface area contributed by atoms with E-state index in [0.29, 0.717) is 6.54 Å². The first kappa shape index (κ1) is 22.3. The Bertz CT molecular complexity index is 642. The van der Waals surface area contributed by atoms with E-state index < -0.39 is 0 Å². The van der Waals surface area contributed by atoms with Gasteiger partial charge in [0.2, 0.25) is 0 Å². The molecule has 1 atom stereocenters. The molecule has 7 heteroatoms. The van der Waals surface area contributed by atoms with Gasteiger partial charge in [-0.15, -0.1) is 24.0 Å². The van der Waals surface area contributed by atoms with E-state index in [0.717, 1.165) is 30.6 Å². The van der Waals surface area contributed by atoms with Gasteiger partial charge in [-0.2, -0.15) is 0 Å². The highest BCUT2D eigenvalue weighted by Gasteiger charge is 2.15. The number of halogens is 1. The number of nitrogens with one attached hydrogen (secondary N) is 2. The molecule has 0 aliphatic rings. The van der Waals surface area contributed by atoms with Crippen LogP contribution in [0.2, 0.25) is 0 Å². The lowest BCUT2D eigenvalue weighted by molar-refractivity contribution is 0.298. The summed E-state index contributed by atoms with van der Waals surface area (Å²) >= 11 is 0. The molecule has 0 bridgehead atoms. The van der Waals surface area contributed by atoms with Crippen LogP contribution in [0.4, 0.5) is 0 Å². The molecule has 0 aliphatic heterocycles. The molecule has 0 saturated carbocycles. The van der Waals surface area contributed by atoms with E-state index >= 15 is 0 Å². The van der Waals surface area contributed by atoms with Gasteiger partial charge in [-0.25, -0.2) is 4.99 Å². The van der Waals surface area contributed by atoms with E-state index in [1.807, 2.05) is 24.3 Å². The molecule has 144 valence electrons. The average molecular weight is 472 g/mol. The van der Waals surface area contributed by atoms with Crippen LogP contribution in [0.25, 0.3) is 0 Å². The number of rotatable bonds is 8. The van der Waals surface area contributed by atoms with Gasteiger partial charge in [-0.1, -0.05) is 12.1 Å². The van der Waals surface area contributed by atoms with Gasteiger partial charge in [0.1, 0.15) is 18.1 Å². The summed E-state index contributed by atoms with van der Waals surface area (Å²) in [5.41, 5.74) is 1.22. The van der Waals surface area contributed by atoms with Gasteiger partial charge < -0.3 is 24.7 Å². The van der Waals surface area contributed by atoms with Crippen molar-refractivity contribution in [2.24, 2.45) is 4.99 Å². The van der Waals surface area contributed by atoms with Crippen LogP contribution in [-0.2, 0) is 6.54 Å². The van der Waals surface area contributed by atoms with Crippen LogP contribution >= 0.6 is 24.0 Å². The second-order valence-electron chi connectivity index (χ2n) is 5.91. The van der Waals surface area contributed by atoms with E-state index in [-0.39, 0.29) is 30.0 Å². The van der Waals surface area contributed by atoms with Crippen LogP contribution in [0.1, 0.15) is 24.3 Å². The Morgan fingerprint density at radius 3 is 2.46 bits per heavy atom. The van der Waals surface area contributed by atoms with Crippen molar-refractivity contribution in [3.8, 4) is 5.75 Å². The number of aliphatic imine (C=N–C) groups is 1. The predicted molar refractivity (Wildman–Crippen MR) is 116 cm³/mol. The monoisotopic (exact) mass is 472 g/mol. The van der Waals surface area contributed by atoms with E-state index in [2.05, 4.69) is 53.7 Å². The largest absolute Gasteiger partial charge is 0.497 e. The van der Waals surface area contributed by atoms with Gasteiger partial charge in [0.15, 0.2) is 5.96 Å². The van der Waals surface area contributed by atoms with Crippen molar-refractivity contribution in [1.29, 1.82) is 0 Å². The number of likely N-dealkylation sites (N-methyl/N-ethyl adjacent to an activating group) is 1. The molecule has 0 saturated heterocycles. The van der Waals surface area contributed by atoms with Crippen LogP contribution in [0, 0.1) is 0 Å². The van der Waals surface area contributed by atoms with Gasteiger partial charge in [0.25, 0.3) is 0 Å². The fraction of sp³-hybridized carbons (Fsp3) is 0.421. The zero-order valence-corrected chi connectivity index (χ0v) is 18.2. The molecule has 6 nitrogen and oxygen atoms in total. The van der Waals surface area contributed by atoms with Crippen molar-refractivity contribution in [3.63, 3.8) is 0 Å². The summed E-state index contributed by atoms with van der Waals surface area (Å²) in [6.45, 7) is 4.11. The van der Waals surface area contributed by atoms with E-state index in [1.54, 1.807) is 13.4 Å².